The molecule has 4 nitrogen and oxygen atoms in total. The molecule has 2 fully saturated rings. The van der Waals surface area contributed by atoms with E-state index in [1.807, 2.05) is 0 Å². The maximum absolute atomic E-state index is 9.46. The Morgan fingerprint density at radius 3 is 2.95 bits per heavy atom. The van der Waals surface area contributed by atoms with Gasteiger partial charge in [-0.3, -0.25) is 0 Å². The number of aliphatic hydroxyl groups is 1. The smallest absolute Gasteiger partial charge is 0.0755 e. The molecule has 1 atom stereocenters. The van der Waals surface area contributed by atoms with E-state index >= 15 is 0 Å². The molecule has 0 bridgehead atoms. The zero-order chi connectivity index (χ0) is 13.9. The van der Waals surface area contributed by atoms with Gasteiger partial charge in [-0.1, -0.05) is 22.0 Å². The van der Waals surface area contributed by atoms with Crippen LogP contribution >= 0.6 is 15.9 Å². The lowest BCUT2D eigenvalue weighted by Gasteiger charge is -2.36. The first-order valence-corrected chi connectivity index (χ1v) is 8.04. The number of morpholine rings is 1. The van der Waals surface area contributed by atoms with E-state index < -0.39 is 0 Å². The fourth-order valence-electron chi connectivity index (χ4n) is 2.55. The number of nitrogens with zero attached hydrogens (tertiary/aromatic N) is 1. The molecule has 0 aromatic heterocycles. The number of rotatable bonds is 5. The Kier molecular flexibility index (Phi) is 4.61. The van der Waals surface area contributed by atoms with Crippen molar-refractivity contribution in [2.24, 2.45) is 0 Å². The van der Waals surface area contributed by atoms with Crippen LogP contribution in [-0.2, 0) is 11.3 Å². The van der Waals surface area contributed by atoms with E-state index in [1.54, 1.807) is 0 Å². The molecule has 0 spiro atoms. The average Bonchev–Trinajstić information content (AvgIpc) is 3.30. The van der Waals surface area contributed by atoms with Gasteiger partial charge in [-0.15, -0.1) is 0 Å². The van der Waals surface area contributed by atoms with Crippen LogP contribution in [0.4, 0.5) is 5.69 Å². The second-order valence-electron chi connectivity index (χ2n) is 5.54. The van der Waals surface area contributed by atoms with E-state index in [2.05, 4.69) is 44.3 Å². The summed E-state index contributed by atoms with van der Waals surface area (Å²) in [4.78, 5) is 2.23. The van der Waals surface area contributed by atoms with Crippen molar-refractivity contribution in [1.82, 2.24) is 5.32 Å². The third-order valence-corrected chi connectivity index (χ3v) is 4.70. The van der Waals surface area contributed by atoms with Gasteiger partial charge in [-0.25, -0.2) is 0 Å². The van der Waals surface area contributed by atoms with Gasteiger partial charge in [0, 0.05) is 29.3 Å². The quantitative estimate of drug-likeness (QED) is 0.859. The molecule has 1 aromatic carbocycles. The summed E-state index contributed by atoms with van der Waals surface area (Å²) in [5.74, 6) is 0. The van der Waals surface area contributed by atoms with Crippen LogP contribution in [0.5, 0.6) is 0 Å². The van der Waals surface area contributed by atoms with Crippen molar-refractivity contribution in [2.75, 3.05) is 31.3 Å². The minimum atomic E-state index is 0.0612. The van der Waals surface area contributed by atoms with E-state index in [0.717, 1.165) is 35.9 Å². The van der Waals surface area contributed by atoms with Gasteiger partial charge in [-0.05, 0) is 30.5 Å². The van der Waals surface area contributed by atoms with E-state index in [0.29, 0.717) is 6.61 Å². The van der Waals surface area contributed by atoms with Gasteiger partial charge in [0.1, 0.15) is 0 Å². The highest BCUT2D eigenvalue weighted by Gasteiger charge is 2.23. The highest BCUT2D eigenvalue weighted by atomic mass is 79.9. The Balaban J connectivity index is 1.70. The predicted octanol–water partition coefficient (Wildman–Crippen LogP) is 1.90. The summed E-state index contributed by atoms with van der Waals surface area (Å²) in [5.41, 5.74) is 2.43. The fraction of sp³-hybridized carbons (Fsp3) is 0.600. The van der Waals surface area contributed by atoms with E-state index in [-0.39, 0.29) is 12.6 Å². The molecule has 1 aliphatic heterocycles. The molecular formula is C15H21BrN2O2. The summed E-state index contributed by atoms with van der Waals surface area (Å²) in [6.07, 6.45) is 2.61. The minimum absolute atomic E-state index is 0.0612. The van der Waals surface area contributed by atoms with Crippen molar-refractivity contribution in [1.29, 1.82) is 0 Å². The highest BCUT2D eigenvalue weighted by molar-refractivity contribution is 9.10. The summed E-state index contributed by atoms with van der Waals surface area (Å²) < 4.78 is 6.56. The van der Waals surface area contributed by atoms with E-state index in [9.17, 15) is 5.11 Å². The number of nitrogens with one attached hydrogen (secondary N) is 1. The summed E-state index contributed by atoms with van der Waals surface area (Å²) in [5, 5.41) is 13.0. The average molecular weight is 341 g/mol. The lowest BCUT2D eigenvalue weighted by atomic mass is 10.1. The molecule has 1 saturated heterocycles. The molecule has 2 aliphatic rings. The molecule has 2 N–H and O–H groups in total. The molecule has 3 rings (SSSR count). The highest BCUT2D eigenvalue weighted by Crippen LogP contribution is 2.27. The molecule has 1 unspecified atom stereocenters. The Hall–Kier alpha value is -0.620. The fourth-order valence-corrected chi connectivity index (χ4v) is 3.05. The molecule has 1 aliphatic carbocycles. The molecule has 1 aromatic rings. The number of hydrogen-bond donors (Lipinski definition) is 2. The van der Waals surface area contributed by atoms with E-state index in [1.165, 1.54) is 18.4 Å². The summed E-state index contributed by atoms with van der Waals surface area (Å²) >= 11 is 3.67. The van der Waals surface area contributed by atoms with Crippen LogP contribution < -0.4 is 10.2 Å². The summed E-state index contributed by atoms with van der Waals surface area (Å²) in [6.45, 7) is 3.19. The van der Waals surface area contributed by atoms with Crippen LogP contribution in [0.2, 0.25) is 0 Å². The van der Waals surface area contributed by atoms with Gasteiger partial charge in [0.25, 0.3) is 0 Å². The lowest BCUT2D eigenvalue weighted by molar-refractivity contribution is 0.0727. The van der Waals surface area contributed by atoms with Crippen LogP contribution in [0.3, 0.4) is 0 Å². The number of ether oxygens (including phenoxy) is 1. The van der Waals surface area contributed by atoms with Crippen LogP contribution in [0.25, 0.3) is 0 Å². The zero-order valence-corrected chi connectivity index (χ0v) is 13.1. The Bertz CT molecular complexity index is 465. The minimum Gasteiger partial charge on any atom is -0.394 e. The SMILES string of the molecule is OCC1COCCN1c1ccc(CNC2CC2)c(Br)c1. The second kappa shape index (κ2) is 6.43. The van der Waals surface area contributed by atoms with Crippen LogP contribution in [0.1, 0.15) is 18.4 Å². The lowest BCUT2D eigenvalue weighted by Crippen LogP contribution is -2.47. The Morgan fingerprint density at radius 2 is 2.25 bits per heavy atom. The first-order valence-electron chi connectivity index (χ1n) is 7.25. The van der Waals surface area contributed by atoms with Gasteiger partial charge in [-0.2, -0.15) is 0 Å². The molecule has 1 heterocycles. The largest absolute Gasteiger partial charge is 0.394 e. The van der Waals surface area contributed by atoms with Crippen molar-refractivity contribution in [3.05, 3.63) is 28.2 Å². The van der Waals surface area contributed by atoms with Gasteiger partial charge >= 0.3 is 0 Å². The van der Waals surface area contributed by atoms with Crippen molar-refractivity contribution in [3.8, 4) is 0 Å². The molecule has 0 amide bonds. The van der Waals surface area contributed by atoms with Gasteiger partial charge in [0.05, 0.1) is 25.9 Å². The molecule has 20 heavy (non-hydrogen) atoms. The van der Waals surface area contributed by atoms with Crippen LogP contribution in [0, 0.1) is 0 Å². The maximum Gasteiger partial charge on any atom is 0.0755 e. The van der Waals surface area contributed by atoms with Crippen molar-refractivity contribution >= 4 is 21.6 Å². The first-order chi connectivity index (χ1) is 9.78. The number of anilines is 1. The molecule has 1 saturated carbocycles. The Labute approximate surface area is 128 Å². The monoisotopic (exact) mass is 340 g/mol. The van der Waals surface area contributed by atoms with Gasteiger partial charge in [0.2, 0.25) is 0 Å². The molecular weight excluding hydrogens is 320 g/mol. The maximum atomic E-state index is 9.46. The molecule has 0 radical (unpaired) electrons. The van der Waals surface area contributed by atoms with Crippen molar-refractivity contribution < 1.29 is 9.84 Å². The van der Waals surface area contributed by atoms with Crippen LogP contribution in [0.15, 0.2) is 22.7 Å². The normalized spacial score (nSPS) is 23.1. The van der Waals surface area contributed by atoms with Crippen LogP contribution in [-0.4, -0.2) is 43.6 Å². The Morgan fingerprint density at radius 1 is 1.40 bits per heavy atom. The number of aliphatic hydroxyl groups excluding tert-OH is 1. The third-order valence-electron chi connectivity index (χ3n) is 3.97. The zero-order valence-electron chi connectivity index (χ0n) is 11.5. The van der Waals surface area contributed by atoms with Gasteiger partial charge < -0.3 is 20.1 Å². The number of benzene rings is 1. The van der Waals surface area contributed by atoms with Crippen molar-refractivity contribution in [2.45, 2.75) is 31.5 Å². The molecule has 5 heteroatoms. The predicted molar refractivity (Wildman–Crippen MR) is 83.0 cm³/mol. The molecule has 110 valence electrons. The topological polar surface area (TPSA) is 44.7 Å². The van der Waals surface area contributed by atoms with E-state index in [4.69, 9.17) is 4.74 Å². The van der Waals surface area contributed by atoms with Crippen molar-refractivity contribution in [3.63, 3.8) is 0 Å². The first kappa shape index (κ1) is 14.3. The summed E-state index contributed by atoms with van der Waals surface area (Å²) in [7, 11) is 0. The summed E-state index contributed by atoms with van der Waals surface area (Å²) in [6, 6.07) is 7.24. The second-order valence-corrected chi connectivity index (χ2v) is 6.39. The number of hydrogen-bond acceptors (Lipinski definition) is 4. The third kappa shape index (κ3) is 3.34. The van der Waals surface area contributed by atoms with Gasteiger partial charge in [0.15, 0.2) is 0 Å². The standard InChI is InChI=1S/C15H21BrN2O2/c16-15-7-13(18-5-6-20-10-14(18)9-19)4-1-11(15)8-17-12-2-3-12/h1,4,7,12,14,17,19H,2-3,5-6,8-10H2. The number of halogens is 1.